The van der Waals surface area contributed by atoms with Crippen LogP contribution in [-0.4, -0.2) is 0 Å². The van der Waals surface area contributed by atoms with E-state index in [2.05, 4.69) is 46.1 Å². The van der Waals surface area contributed by atoms with E-state index in [1.54, 1.807) is 0 Å². The maximum absolute atomic E-state index is 3.94. The summed E-state index contributed by atoms with van der Waals surface area (Å²) in [5.74, 6) is 1.14. The van der Waals surface area contributed by atoms with Crippen molar-refractivity contribution < 1.29 is 0 Å². The smallest absolute Gasteiger partial charge is 0.00285 e. The highest BCUT2D eigenvalue weighted by Crippen LogP contribution is 2.16. The van der Waals surface area contributed by atoms with Crippen LogP contribution in [0.1, 0.15) is 33.6 Å². The summed E-state index contributed by atoms with van der Waals surface area (Å²) < 4.78 is 0. The van der Waals surface area contributed by atoms with E-state index in [4.69, 9.17) is 0 Å². The van der Waals surface area contributed by atoms with Crippen molar-refractivity contribution in [3.05, 3.63) is 37.0 Å². The molecule has 74 valence electrons. The lowest BCUT2D eigenvalue weighted by molar-refractivity contribution is 0.683. The molecule has 0 spiro atoms. The van der Waals surface area contributed by atoms with Crippen LogP contribution in [0.3, 0.4) is 0 Å². The second-order valence-electron chi connectivity index (χ2n) is 3.94. The van der Waals surface area contributed by atoms with Crippen LogP contribution in [0.15, 0.2) is 37.0 Å². The van der Waals surface area contributed by atoms with Gasteiger partial charge in [0.1, 0.15) is 0 Å². The molecule has 13 heavy (non-hydrogen) atoms. The van der Waals surface area contributed by atoms with Crippen LogP contribution >= 0.6 is 0 Å². The van der Waals surface area contributed by atoms with E-state index in [1.165, 1.54) is 5.57 Å². The van der Waals surface area contributed by atoms with E-state index in [0.717, 1.165) is 12.8 Å². The summed E-state index contributed by atoms with van der Waals surface area (Å²) in [6, 6.07) is 0. The molecule has 0 N–H and O–H groups in total. The average Bonchev–Trinajstić information content (AvgIpc) is 2.03. The van der Waals surface area contributed by atoms with E-state index >= 15 is 0 Å². The average molecular weight is 178 g/mol. The van der Waals surface area contributed by atoms with Crippen LogP contribution in [0.4, 0.5) is 0 Å². The molecule has 0 aromatic rings. The molecule has 0 aromatic carbocycles. The monoisotopic (exact) mass is 178 g/mol. The molecule has 0 bridgehead atoms. The molecular weight excluding hydrogens is 156 g/mol. The molecule has 1 unspecified atom stereocenters. The molecule has 0 fully saturated rings. The molecule has 1 atom stereocenters. The lowest BCUT2D eigenvalue weighted by atomic mass is 9.96. The third-order valence-electron chi connectivity index (χ3n) is 2.08. The first-order chi connectivity index (χ1) is 6.07. The second-order valence-corrected chi connectivity index (χ2v) is 3.94. The van der Waals surface area contributed by atoms with Gasteiger partial charge in [-0.15, -0.1) is 6.58 Å². The van der Waals surface area contributed by atoms with Crippen LogP contribution in [0.25, 0.3) is 0 Å². The van der Waals surface area contributed by atoms with Crippen molar-refractivity contribution in [1.82, 2.24) is 0 Å². The highest BCUT2D eigenvalue weighted by Gasteiger charge is 2.01. The summed E-state index contributed by atoms with van der Waals surface area (Å²) >= 11 is 0. The van der Waals surface area contributed by atoms with Gasteiger partial charge in [-0.05, 0) is 31.6 Å². The van der Waals surface area contributed by atoms with Gasteiger partial charge in [0.05, 0.1) is 0 Å². The maximum Gasteiger partial charge on any atom is -0.00285 e. The predicted octanol–water partition coefficient (Wildman–Crippen LogP) is 4.36. The van der Waals surface area contributed by atoms with Crippen molar-refractivity contribution in [3.8, 4) is 0 Å². The first-order valence-corrected chi connectivity index (χ1v) is 5.02. The zero-order chi connectivity index (χ0) is 10.3. The van der Waals surface area contributed by atoms with Crippen LogP contribution in [-0.2, 0) is 0 Å². The van der Waals surface area contributed by atoms with Crippen molar-refractivity contribution in [2.24, 2.45) is 11.8 Å². The molecule has 0 saturated carbocycles. The Morgan fingerprint density at radius 3 is 2.38 bits per heavy atom. The number of hydrogen-bond donors (Lipinski definition) is 0. The summed E-state index contributed by atoms with van der Waals surface area (Å²) in [4.78, 5) is 0. The van der Waals surface area contributed by atoms with Crippen molar-refractivity contribution in [2.75, 3.05) is 0 Å². The van der Waals surface area contributed by atoms with E-state index in [9.17, 15) is 0 Å². The largest absolute Gasteiger partial charge is 0.102 e. The van der Waals surface area contributed by atoms with Gasteiger partial charge in [0.2, 0.25) is 0 Å². The fourth-order valence-corrected chi connectivity index (χ4v) is 1.21. The summed E-state index contributed by atoms with van der Waals surface area (Å²) in [7, 11) is 0. The lowest BCUT2D eigenvalue weighted by Gasteiger charge is -2.09. The zero-order valence-electron chi connectivity index (χ0n) is 9.22. The van der Waals surface area contributed by atoms with E-state index in [-0.39, 0.29) is 0 Å². The Hall–Kier alpha value is -0.780. The Bertz CT molecular complexity index is 184. The van der Waals surface area contributed by atoms with Gasteiger partial charge in [-0.3, -0.25) is 0 Å². The highest BCUT2D eigenvalue weighted by atomic mass is 14.1. The number of allylic oxidation sites excluding steroid dienone is 4. The maximum atomic E-state index is 3.94. The fraction of sp³-hybridized carbons (Fsp3) is 0.538. The molecule has 0 aliphatic rings. The predicted molar refractivity (Wildman–Crippen MR) is 61.7 cm³/mol. The van der Waals surface area contributed by atoms with E-state index in [1.807, 2.05) is 6.08 Å². The van der Waals surface area contributed by atoms with Crippen LogP contribution in [0.5, 0.6) is 0 Å². The summed E-state index contributed by atoms with van der Waals surface area (Å²) in [5, 5.41) is 0. The Morgan fingerprint density at radius 2 is 2.00 bits per heavy atom. The van der Waals surface area contributed by atoms with Gasteiger partial charge in [0.25, 0.3) is 0 Å². The molecule has 0 heterocycles. The lowest BCUT2D eigenvalue weighted by Crippen LogP contribution is -1.95. The molecule has 0 saturated heterocycles. The first kappa shape index (κ1) is 12.2. The minimum atomic E-state index is 0.483. The molecule has 0 nitrogen and oxygen atoms in total. The van der Waals surface area contributed by atoms with Crippen molar-refractivity contribution in [1.29, 1.82) is 0 Å². The third-order valence-corrected chi connectivity index (χ3v) is 2.08. The number of rotatable bonds is 6. The van der Waals surface area contributed by atoms with Crippen LogP contribution in [0, 0.1) is 11.8 Å². The Balaban J connectivity index is 3.73. The van der Waals surface area contributed by atoms with E-state index in [0.29, 0.717) is 11.8 Å². The van der Waals surface area contributed by atoms with Gasteiger partial charge in [-0.25, -0.2) is 0 Å². The molecule has 0 heteroatoms. The minimum absolute atomic E-state index is 0.483. The van der Waals surface area contributed by atoms with Crippen molar-refractivity contribution in [2.45, 2.75) is 33.6 Å². The quantitative estimate of drug-likeness (QED) is 0.530. The van der Waals surface area contributed by atoms with Crippen molar-refractivity contribution >= 4 is 0 Å². The Morgan fingerprint density at radius 1 is 1.38 bits per heavy atom. The number of hydrogen-bond acceptors (Lipinski definition) is 0. The van der Waals surface area contributed by atoms with Gasteiger partial charge in [-0.2, -0.15) is 0 Å². The second kappa shape index (κ2) is 6.71. The van der Waals surface area contributed by atoms with Crippen molar-refractivity contribution in [3.63, 3.8) is 0 Å². The standard InChI is InChI=1S/C13H22/c1-6-13(12(4)5)10-8-7-9-11(2)3/h6-7,9,11,13H,1,4,8,10H2,2-3,5H3/b9-7+. The van der Waals surface area contributed by atoms with Gasteiger partial charge >= 0.3 is 0 Å². The summed E-state index contributed by atoms with van der Waals surface area (Å²) in [5.41, 5.74) is 1.22. The molecular formula is C13H22. The topological polar surface area (TPSA) is 0 Å². The molecule has 0 aromatic heterocycles. The first-order valence-electron chi connectivity index (χ1n) is 5.02. The molecule has 0 aliphatic carbocycles. The summed E-state index contributed by atoms with van der Waals surface area (Å²) in [6.07, 6.45) is 8.76. The van der Waals surface area contributed by atoms with Gasteiger partial charge < -0.3 is 0 Å². The van der Waals surface area contributed by atoms with Crippen LogP contribution in [0.2, 0.25) is 0 Å². The zero-order valence-corrected chi connectivity index (χ0v) is 9.22. The summed E-state index contributed by atoms with van der Waals surface area (Å²) in [6.45, 7) is 14.2. The molecule has 0 aliphatic heterocycles. The van der Waals surface area contributed by atoms with Gasteiger partial charge in [0.15, 0.2) is 0 Å². The Kier molecular flexibility index (Phi) is 6.30. The molecule has 0 amide bonds. The highest BCUT2D eigenvalue weighted by molar-refractivity contribution is 5.04. The fourth-order valence-electron chi connectivity index (χ4n) is 1.21. The van der Waals surface area contributed by atoms with Crippen LogP contribution < -0.4 is 0 Å². The van der Waals surface area contributed by atoms with Gasteiger partial charge in [0, 0.05) is 0 Å². The minimum Gasteiger partial charge on any atom is -0.102 e. The Labute approximate surface area is 83.0 Å². The SMILES string of the molecule is C=CC(CC/C=C/C(C)C)C(=C)C. The van der Waals surface area contributed by atoms with E-state index < -0.39 is 0 Å². The molecule has 0 radical (unpaired) electrons. The molecule has 0 rings (SSSR count). The normalized spacial score (nSPS) is 13.5. The third kappa shape index (κ3) is 6.39. The van der Waals surface area contributed by atoms with Gasteiger partial charge in [-0.1, -0.05) is 44.2 Å².